The summed E-state index contributed by atoms with van der Waals surface area (Å²) in [5.41, 5.74) is 0. The molecule has 0 amide bonds. The Labute approximate surface area is 82.1 Å². The molecular formula is CuLi2MnO2. The average molecular weight is 164 g/mol. The maximum absolute atomic E-state index is 0. The molecule has 0 saturated heterocycles. The van der Waals surface area contributed by atoms with Gasteiger partial charge in [-0.2, -0.15) is 0 Å². The molecule has 0 aliphatic rings. The van der Waals surface area contributed by atoms with E-state index in [1.54, 1.807) is 0 Å². The predicted octanol–water partition coefficient (Wildman–Crippen LogP) is -6.23. The molecule has 0 aromatic rings. The molecule has 0 N–H and O–H groups in total. The SMILES string of the molecule is [Cu].[Li+].[Li+].[Mn+2].[O-2].[O-2]. The molecule has 32 valence electrons. The molecule has 0 atom stereocenters. The zero-order valence-corrected chi connectivity index (χ0v) is 5.62. The van der Waals surface area contributed by atoms with Crippen molar-refractivity contribution in [2.24, 2.45) is 0 Å². The Kier molecular flexibility index (Phi) is 876. The summed E-state index contributed by atoms with van der Waals surface area (Å²) < 4.78 is 0. The number of hydrogen-bond donors (Lipinski definition) is 0. The zero-order chi connectivity index (χ0) is 0. The van der Waals surface area contributed by atoms with E-state index in [9.17, 15) is 0 Å². The van der Waals surface area contributed by atoms with Crippen LogP contribution >= 0.6 is 0 Å². The topological polar surface area (TPSA) is 57.0 Å². The standard InChI is InChI=1S/Cu.2Li.Mn.2O/q;2*+1;+2;2*-2. The van der Waals surface area contributed by atoms with Crippen molar-refractivity contribution in [3.8, 4) is 0 Å². The summed E-state index contributed by atoms with van der Waals surface area (Å²) in [4.78, 5) is 0. The van der Waals surface area contributed by atoms with Crippen LogP contribution in [0.25, 0.3) is 0 Å². The van der Waals surface area contributed by atoms with Gasteiger partial charge in [-0.25, -0.2) is 0 Å². The first-order valence-electron chi connectivity index (χ1n) is 0. The molecule has 0 bridgehead atoms. The van der Waals surface area contributed by atoms with Crippen molar-refractivity contribution in [1.82, 2.24) is 0 Å². The molecule has 0 unspecified atom stereocenters. The minimum absolute atomic E-state index is 0. The Balaban J connectivity index is 0. The van der Waals surface area contributed by atoms with Crippen molar-refractivity contribution in [3.05, 3.63) is 0 Å². The van der Waals surface area contributed by atoms with E-state index in [2.05, 4.69) is 0 Å². The van der Waals surface area contributed by atoms with Gasteiger partial charge in [0.1, 0.15) is 0 Å². The van der Waals surface area contributed by atoms with Crippen LogP contribution < -0.4 is 37.7 Å². The zero-order valence-electron chi connectivity index (χ0n) is 3.50. The summed E-state index contributed by atoms with van der Waals surface area (Å²) in [6.45, 7) is 0. The summed E-state index contributed by atoms with van der Waals surface area (Å²) in [5.74, 6) is 0. The molecule has 0 fully saturated rings. The first kappa shape index (κ1) is 90.0. The van der Waals surface area contributed by atoms with Crippen LogP contribution in [0.2, 0.25) is 0 Å². The minimum atomic E-state index is 0. The maximum atomic E-state index is 0. The van der Waals surface area contributed by atoms with E-state index in [0.29, 0.717) is 0 Å². The van der Waals surface area contributed by atoms with Crippen molar-refractivity contribution in [2.45, 2.75) is 0 Å². The molecule has 2 radical (unpaired) electrons. The van der Waals surface area contributed by atoms with Gasteiger partial charge in [0.15, 0.2) is 0 Å². The van der Waals surface area contributed by atoms with Crippen LogP contribution in [0.3, 0.4) is 0 Å². The van der Waals surface area contributed by atoms with Gasteiger partial charge in [0, 0.05) is 17.1 Å². The summed E-state index contributed by atoms with van der Waals surface area (Å²) in [6.07, 6.45) is 0. The second-order valence-electron chi connectivity index (χ2n) is 0. The Morgan fingerprint density at radius 3 is 0.667 bits per heavy atom. The van der Waals surface area contributed by atoms with Crippen LogP contribution in [-0.2, 0) is 45.1 Å². The van der Waals surface area contributed by atoms with Crippen LogP contribution in [0, 0.1) is 0 Å². The molecule has 0 aliphatic heterocycles. The van der Waals surface area contributed by atoms with E-state index in [1.165, 1.54) is 0 Å². The van der Waals surface area contributed by atoms with Crippen molar-refractivity contribution >= 4 is 0 Å². The van der Waals surface area contributed by atoms with Gasteiger partial charge in [-0.1, -0.05) is 0 Å². The fourth-order valence-corrected chi connectivity index (χ4v) is 0. The number of hydrogen-bond acceptors (Lipinski definition) is 0. The quantitative estimate of drug-likeness (QED) is 0.320. The minimum Gasteiger partial charge on any atom is -2.00 e. The normalized spacial score (nSPS) is 0. The summed E-state index contributed by atoms with van der Waals surface area (Å²) in [6, 6.07) is 0. The largest absolute Gasteiger partial charge is 2.00 e. The van der Waals surface area contributed by atoms with Gasteiger partial charge >= 0.3 is 54.8 Å². The molecule has 2 nitrogen and oxygen atoms in total. The summed E-state index contributed by atoms with van der Waals surface area (Å²) in [7, 11) is 0. The van der Waals surface area contributed by atoms with Gasteiger partial charge in [-0.05, 0) is 0 Å². The van der Waals surface area contributed by atoms with E-state index in [0.717, 1.165) is 0 Å². The Morgan fingerprint density at radius 2 is 0.667 bits per heavy atom. The summed E-state index contributed by atoms with van der Waals surface area (Å²) in [5, 5.41) is 0. The van der Waals surface area contributed by atoms with Gasteiger partial charge in [0.25, 0.3) is 0 Å². The Bertz CT molecular complexity index is 11.5. The van der Waals surface area contributed by atoms with Crippen molar-refractivity contribution in [3.63, 3.8) is 0 Å². The van der Waals surface area contributed by atoms with Crippen LogP contribution in [0.4, 0.5) is 0 Å². The second kappa shape index (κ2) is 58.4. The van der Waals surface area contributed by atoms with Gasteiger partial charge in [0.05, 0.1) is 0 Å². The third-order valence-electron chi connectivity index (χ3n) is 0. The Hall–Kier alpha value is 2.15. The molecule has 0 spiro atoms. The van der Waals surface area contributed by atoms with E-state index < -0.39 is 0 Å². The van der Waals surface area contributed by atoms with E-state index in [4.69, 9.17) is 0 Å². The average Bonchev–Trinajstić information content (AvgIpc) is 0. The van der Waals surface area contributed by atoms with Gasteiger partial charge in [-0.3, -0.25) is 0 Å². The fourth-order valence-electron chi connectivity index (χ4n) is 0. The molecule has 6 heteroatoms. The van der Waals surface area contributed by atoms with Crippen molar-refractivity contribution in [1.29, 1.82) is 0 Å². The molecule has 0 saturated carbocycles. The second-order valence-corrected chi connectivity index (χ2v) is 0. The smallest absolute Gasteiger partial charge is 2.00 e. The molecule has 6 heavy (non-hydrogen) atoms. The van der Waals surface area contributed by atoms with E-state index in [1.807, 2.05) is 0 Å². The first-order valence-corrected chi connectivity index (χ1v) is 0. The van der Waals surface area contributed by atoms with Crippen LogP contribution in [0.1, 0.15) is 0 Å². The maximum Gasteiger partial charge on any atom is 2.00 e. The first-order chi connectivity index (χ1) is 0. The third kappa shape index (κ3) is 35.2. The molecule has 0 rings (SSSR count). The molecule has 0 aromatic heterocycles. The van der Waals surface area contributed by atoms with Gasteiger partial charge < -0.3 is 11.0 Å². The fraction of sp³-hybridized carbons (Fsp3) is 0. The van der Waals surface area contributed by atoms with Gasteiger partial charge in [-0.15, -0.1) is 0 Å². The Morgan fingerprint density at radius 1 is 0.667 bits per heavy atom. The van der Waals surface area contributed by atoms with Crippen LogP contribution in [-0.4, -0.2) is 0 Å². The van der Waals surface area contributed by atoms with E-state index in [-0.39, 0.29) is 82.8 Å². The monoisotopic (exact) mass is 164 g/mol. The molecule has 0 aromatic carbocycles. The molecule has 0 aliphatic carbocycles. The third-order valence-corrected chi connectivity index (χ3v) is 0. The van der Waals surface area contributed by atoms with Gasteiger partial charge in [0.2, 0.25) is 0 Å². The molecular weight excluding hydrogens is 164 g/mol. The number of rotatable bonds is 0. The molecule has 0 heterocycles. The van der Waals surface area contributed by atoms with Crippen molar-refractivity contribution < 1.29 is 82.8 Å². The predicted molar refractivity (Wildman–Crippen MR) is 1.37 cm³/mol. The summed E-state index contributed by atoms with van der Waals surface area (Å²) >= 11 is 0. The van der Waals surface area contributed by atoms with E-state index >= 15 is 0 Å². The van der Waals surface area contributed by atoms with Crippen LogP contribution in [0.5, 0.6) is 0 Å². The van der Waals surface area contributed by atoms with Crippen LogP contribution in [0.15, 0.2) is 0 Å². The van der Waals surface area contributed by atoms with Crippen molar-refractivity contribution in [2.75, 3.05) is 0 Å².